The van der Waals surface area contributed by atoms with Gasteiger partial charge >= 0.3 is 0 Å². The maximum atomic E-state index is 5.71. The monoisotopic (exact) mass is 245 g/mol. The van der Waals surface area contributed by atoms with Crippen LogP contribution in [0.5, 0.6) is 0 Å². The average Bonchev–Trinajstić information content (AvgIpc) is 2.91. The van der Waals surface area contributed by atoms with E-state index in [4.69, 9.17) is 4.74 Å². The number of benzene rings is 1. The van der Waals surface area contributed by atoms with Crippen molar-refractivity contribution in [2.75, 3.05) is 13.2 Å². The van der Waals surface area contributed by atoms with Gasteiger partial charge in [0.2, 0.25) is 0 Å². The Hall–Kier alpha value is -0.860. The molecule has 0 saturated carbocycles. The van der Waals surface area contributed by atoms with Crippen LogP contribution in [-0.2, 0) is 11.2 Å². The zero-order chi connectivity index (χ0) is 12.6. The molecule has 1 aromatic carbocycles. The normalized spacial score (nSPS) is 29.4. The summed E-state index contributed by atoms with van der Waals surface area (Å²) in [4.78, 5) is 0. The second-order valence-corrected chi connectivity index (χ2v) is 6.34. The van der Waals surface area contributed by atoms with Crippen LogP contribution < -0.4 is 5.32 Å². The van der Waals surface area contributed by atoms with Gasteiger partial charge in [0.15, 0.2) is 0 Å². The van der Waals surface area contributed by atoms with E-state index in [9.17, 15) is 0 Å². The lowest BCUT2D eigenvalue weighted by Gasteiger charge is -2.29. The number of nitrogens with one attached hydrogen (secondary N) is 1. The highest BCUT2D eigenvalue weighted by Crippen LogP contribution is 2.44. The molecule has 1 aliphatic carbocycles. The molecule has 0 aromatic heterocycles. The molecule has 18 heavy (non-hydrogen) atoms. The summed E-state index contributed by atoms with van der Waals surface area (Å²) in [5.41, 5.74) is 3.30. The first-order valence-electron chi connectivity index (χ1n) is 7.09. The Balaban J connectivity index is 1.73. The van der Waals surface area contributed by atoms with Gasteiger partial charge in [0.25, 0.3) is 0 Å². The highest BCUT2D eigenvalue weighted by atomic mass is 16.5. The van der Waals surface area contributed by atoms with Crippen molar-refractivity contribution >= 4 is 0 Å². The Bertz CT molecular complexity index is 421. The van der Waals surface area contributed by atoms with Crippen molar-refractivity contribution in [2.45, 2.75) is 45.3 Å². The van der Waals surface area contributed by atoms with Crippen molar-refractivity contribution in [1.29, 1.82) is 0 Å². The lowest BCUT2D eigenvalue weighted by molar-refractivity contribution is 0.101. The molecule has 98 valence electrons. The minimum absolute atomic E-state index is 0.308. The summed E-state index contributed by atoms with van der Waals surface area (Å²) in [5, 5.41) is 3.74. The molecule has 1 N–H and O–H groups in total. The molecular formula is C16H23NO. The molecule has 1 fully saturated rings. The molecular weight excluding hydrogens is 222 g/mol. The lowest BCUT2D eigenvalue weighted by atomic mass is 9.85. The average molecular weight is 245 g/mol. The molecule has 3 rings (SSSR count). The van der Waals surface area contributed by atoms with Crippen LogP contribution in [-0.4, -0.2) is 19.3 Å². The molecule has 2 heteroatoms. The molecule has 0 amide bonds. The van der Waals surface area contributed by atoms with E-state index in [2.05, 4.69) is 43.4 Å². The molecule has 2 atom stereocenters. The standard InChI is InChI=1S/C16H23NO/c1-16(2)10-12-6-3-4-8-14(12)15(16)17-11-13-7-5-9-18-13/h3-4,6,8,13,15,17H,5,7,9-11H2,1-2H3. The fourth-order valence-electron chi connectivity index (χ4n) is 3.43. The minimum Gasteiger partial charge on any atom is -0.377 e. The summed E-state index contributed by atoms with van der Waals surface area (Å²) in [7, 11) is 0. The molecule has 1 heterocycles. The van der Waals surface area contributed by atoms with Gasteiger partial charge in [-0.25, -0.2) is 0 Å². The molecule has 2 aliphatic rings. The summed E-state index contributed by atoms with van der Waals surface area (Å²) >= 11 is 0. The van der Waals surface area contributed by atoms with E-state index in [1.807, 2.05) is 0 Å². The van der Waals surface area contributed by atoms with Crippen molar-refractivity contribution in [2.24, 2.45) is 5.41 Å². The molecule has 2 nitrogen and oxygen atoms in total. The van der Waals surface area contributed by atoms with Crippen LogP contribution in [0.3, 0.4) is 0 Å². The van der Waals surface area contributed by atoms with Gasteiger partial charge in [0, 0.05) is 19.2 Å². The summed E-state index contributed by atoms with van der Waals surface area (Å²) in [6, 6.07) is 9.32. The lowest BCUT2D eigenvalue weighted by Crippen LogP contribution is -2.36. The second kappa shape index (κ2) is 4.67. The number of ether oxygens (including phenoxy) is 1. The van der Waals surface area contributed by atoms with Crippen LogP contribution in [0, 0.1) is 5.41 Å². The van der Waals surface area contributed by atoms with Gasteiger partial charge in [0.1, 0.15) is 0 Å². The molecule has 1 aliphatic heterocycles. The number of hydrogen-bond acceptors (Lipinski definition) is 2. The van der Waals surface area contributed by atoms with Crippen molar-refractivity contribution in [1.82, 2.24) is 5.32 Å². The Morgan fingerprint density at radius 3 is 2.94 bits per heavy atom. The van der Waals surface area contributed by atoms with Gasteiger partial charge in [0.05, 0.1) is 6.10 Å². The highest BCUT2D eigenvalue weighted by Gasteiger charge is 2.38. The summed E-state index contributed by atoms with van der Waals surface area (Å²) in [6.45, 7) is 6.65. The summed E-state index contributed by atoms with van der Waals surface area (Å²) in [5.74, 6) is 0. The second-order valence-electron chi connectivity index (χ2n) is 6.34. The van der Waals surface area contributed by atoms with Gasteiger partial charge < -0.3 is 10.1 Å². The van der Waals surface area contributed by atoms with Gasteiger partial charge in [-0.3, -0.25) is 0 Å². The SMILES string of the molecule is CC1(C)Cc2ccccc2C1NCC1CCCO1. The molecule has 0 radical (unpaired) electrons. The van der Waals surface area contributed by atoms with Crippen LogP contribution in [0.25, 0.3) is 0 Å². The largest absolute Gasteiger partial charge is 0.377 e. The first kappa shape index (κ1) is 12.2. The maximum Gasteiger partial charge on any atom is 0.0700 e. The van der Waals surface area contributed by atoms with Crippen LogP contribution in [0.1, 0.15) is 43.9 Å². The fourth-order valence-corrected chi connectivity index (χ4v) is 3.43. The molecule has 2 unspecified atom stereocenters. The quantitative estimate of drug-likeness (QED) is 0.883. The van der Waals surface area contributed by atoms with Gasteiger partial charge in [-0.1, -0.05) is 38.1 Å². The minimum atomic E-state index is 0.308. The van der Waals surface area contributed by atoms with E-state index in [-0.39, 0.29) is 0 Å². The van der Waals surface area contributed by atoms with Crippen molar-refractivity contribution in [3.8, 4) is 0 Å². The number of fused-ring (bicyclic) bond motifs is 1. The Morgan fingerprint density at radius 2 is 2.17 bits per heavy atom. The van der Waals surface area contributed by atoms with Crippen LogP contribution in [0.2, 0.25) is 0 Å². The van der Waals surface area contributed by atoms with Crippen LogP contribution in [0.4, 0.5) is 0 Å². The van der Waals surface area contributed by atoms with Crippen molar-refractivity contribution < 1.29 is 4.74 Å². The van der Waals surface area contributed by atoms with Gasteiger partial charge in [-0.2, -0.15) is 0 Å². The predicted molar refractivity (Wildman–Crippen MR) is 73.6 cm³/mol. The first-order chi connectivity index (χ1) is 8.67. The van der Waals surface area contributed by atoms with E-state index >= 15 is 0 Å². The third kappa shape index (κ3) is 2.19. The van der Waals surface area contributed by atoms with Crippen molar-refractivity contribution in [3.05, 3.63) is 35.4 Å². The molecule has 1 saturated heterocycles. The van der Waals surface area contributed by atoms with Crippen molar-refractivity contribution in [3.63, 3.8) is 0 Å². The number of hydrogen-bond donors (Lipinski definition) is 1. The maximum absolute atomic E-state index is 5.71. The van der Waals surface area contributed by atoms with E-state index < -0.39 is 0 Å². The summed E-state index contributed by atoms with van der Waals surface area (Å²) < 4.78 is 5.71. The molecule has 0 spiro atoms. The molecule has 1 aromatic rings. The topological polar surface area (TPSA) is 21.3 Å². The Morgan fingerprint density at radius 1 is 1.33 bits per heavy atom. The third-order valence-corrected chi connectivity index (χ3v) is 4.37. The Labute approximate surface area is 110 Å². The highest BCUT2D eigenvalue weighted by molar-refractivity contribution is 5.37. The zero-order valence-electron chi connectivity index (χ0n) is 11.4. The van der Waals surface area contributed by atoms with Gasteiger partial charge in [-0.15, -0.1) is 0 Å². The third-order valence-electron chi connectivity index (χ3n) is 4.37. The first-order valence-corrected chi connectivity index (χ1v) is 7.09. The fraction of sp³-hybridized carbons (Fsp3) is 0.625. The van der Waals surface area contributed by atoms with E-state index in [0.717, 1.165) is 13.2 Å². The zero-order valence-corrected chi connectivity index (χ0v) is 11.4. The van der Waals surface area contributed by atoms with E-state index in [1.165, 1.54) is 30.4 Å². The van der Waals surface area contributed by atoms with E-state index in [1.54, 1.807) is 0 Å². The van der Waals surface area contributed by atoms with Crippen LogP contribution in [0.15, 0.2) is 24.3 Å². The summed E-state index contributed by atoms with van der Waals surface area (Å²) in [6.07, 6.45) is 4.03. The predicted octanol–water partition coefficient (Wildman–Crippen LogP) is 3.08. The number of rotatable bonds is 3. The Kier molecular flexibility index (Phi) is 3.16. The van der Waals surface area contributed by atoms with Gasteiger partial charge in [-0.05, 0) is 35.8 Å². The molecule has 0 bridgehead atoms. The van der Waals surface area contributed by atoms with E-state index in [0.29, 0.717) is 17.6 Å². The smallest absolute Gasteiger partial charge is 0.0700 e. The van der Waals surface area contributed by atoms with Crippen LogP contribution >= 0.6 is 0 Å².